The van der Waals surface area contributed by atoms with E-state index in [1.807, 2.05) is 12.1 Å². The Morgan fingerprint density at radius 1 is 1.05 bits per heavy atom. The Bertz CT molecular complexity index is 437. The molecule has 0 spiro atoms. The summed E-state index contributed by atoms with van der Waals surface area (Å²) in [7, 11) is 1.73. The standard InChI is InChI=1S/C17H26N2O.BrH/c1-3-4-5-6-9-12-18-13-14-19(15-18)16-10-7-8-11-17(16)20-2;/h7-8,10-11,13-14H,3-6,9,12,15H2,1-2H3;1H. The predicted octanol–water partition coefficient (Wildman–Crippen LogP) is 4.79. The van der Waals surface area contributed by atoms with Crippen molar-refractivity contribution < 1.29 is 4.74 Å². The summed E-state index contributed by atoms with van der Waals surface area (Å²) in [6, 6.07) is 8.18. The number of methoxy groups -OCH3 is 1. The molecule has 0 aromatic heterocycles. The van der Waals surface area contributed by atoms with Gasteiger partial charge in [0.1, 0.15) is 5.75 Å². The lowest BCUT2D eigenvalue weighted by Gasteiger charge is -2.22. The van der Waals surface area contributed by atoms with Crippen LogP contribution < -0.4 is 9.64 Å². The monoisotopic (exact) mass is 354 g/mol. The molecule has 0 fully saturated rings. The first-order valence-corrected chi connectivity index (χ1v) is 7.67. The highest BCUT2D eigenvalue weighted by Crippen LogP contribution is 2.29. The zero-order chi connectivity index (χ0) is 14.2. The highest BCUT2D eigenvalue weighted by atomic mass is 79.9. The quantitative estimate of drug-likeness (QED) is 0.624. The van der Waals surface area contributed by atoms with Crippen LogP contribution in [0, 0.1) is 0 Å². The summed E-state index contributed by atoms with van der Waals surface area (Å²) in [6.45, 7) is 4.33. The van der Waals surface area contributed by atoms with Crippen LogP contribution in [-0.4, -0.2) is 25.2 Å². The molecular formula is C17H27BrN2O. The second kappa shape index (κ2) is 9.72. The molecule has 21 heavy (non-hydrogen) atoms. The van der Waals surface area contributed by atoms with Gasteiger partial charge in [-0.05, 0) is 18.6 Å². The van der Waals surface area contributed by atoms with E-state index in [1.165, 1.54) is 32.1 Å². The van der Waals surface area contributed by atoms with Gasteiger partial charge in [0.15, 0.2) is 0 Å². The summed E-state index contributed by atoms with van der Waals surface area (Å²) in [5.74, 6) is 0.932. The van der Waals surface area contributed by atoms with E-state index in [-0.39, 0.29) is 17.0 Å². The zero-order valence-corrected chi connectivity index (χ0v) is 14.8. The Labute approximate surface area is 139 Å². The third kappa shape index (κ3) is 5.27. The normalized spacial score (nSPS) is 13.4. The van der Waals surface area contributed by atoms with Crippen LogP contribution in [0.25, 0.3) is 0 Å². The lowest BCUT2D eigenvalue weighted by molar-refractivity contribution is 0.384. The molecule has 0 bridgehead atoms. The lowest BCUT2D eigenvalue weighted by atomic mass is 10.1. The van der Waals surface area contributed by atoms with Gasteiger partial charge in [-0.2, -0.15) is 0 Å². The van der Waals surface area contributed by atoms with E-state index in [0.717, 1.165) is 24.7 Å². The van der Waals surface area contributed by atoms with Gasteiger partial charge in [-0.25, -0.2) is 0 Å². The van der Waals surface area contributed by atoms with Crippen LogP contribution in [0.3, 0.4) is 0 Å². The highest BCUT2D eigenvalue weighted by molar-refractivity contribution is 8.93. The van der Waals surface area contributed by atoms with Gasteiger partial charge in [-0.1, -0.05) is 44.7 Å². The number of anilines is 1. The minimum absolute atomic E-state index is 0. The first kappa shape index (κ1) is 17.9. The second-order valence-electron chi connectivity index (χ2n) is 5.31. The molecule has 1 aliphatic rings. The van der Waals surface area contributed by atoms with Crippen molar-refractivity contribution in [1.29, 1.82) is 0 Å². The van der Waals surface area contributed by atoms with Crippen molar-refractivity contribution in [3.8, 4) is 5.75 Å². The maximum absolute atomic E-state index is 5.42. The molecular weight excluding hydrogens is 328 g/mol. The number of nitrogens with zero attached hydrogens (tertiary/aromatic N) is 2. The van der Waals surface area contributed by atoms with Gasteiger partial charge in [0.2, 0.25) is 0 Å². The third-order valence-corrected chi connectivity index (χ3v) is 3.73. The molecule has 4 heteroatoms. The van der Waals surface area contributed by atoms with Crippen LogP contribution in [0.4, 0.5) is 5.69 Å². The van der Waals surface area contributed by atoms with E-state index in [4.69, 9.17) is 4.74 Å². The Balaban J connectivity index is 0.00000220. The molecule has 1 heterocycles. The number of hydrogen-bond acceptors (Lipinski definition) is 3. The molecule has 0 atom stereocenters. The fourth-order valence-corrected chi connectivity index (χ4v) is 2.55. The van der Waals surface area contributed by atoms with Crippen LogP contribution >= 0.6 is 17.0 Å². The number of benzene rings is 1. The molecule has 0 aliphatic carbocycles. The average molecular weight is 355 g/mol. The van der Waals surface area contributed by atoms with Gasteiger partial charge in [0.05, 0.1) is 19.5 Å². The number of ether oxygens (including phenoxy) is 1. The second-order valence-corrected chi connectivity index (χ2v) is 5.31. The molecule has 0 radical (unpaired) electrons. The molecule has 0 saturated heterocycles. The van der Waals surface area contributed by atoms with E-state index in [2.05, 4.69) is 41.3 Å². The van der Waals surface area contributed by atoms with Crippen molar-refractivity contribution in [2.75, 3.05) is 25.2 Å². The molecule has 0 unspecified atom stereocenters. The van der Waals surface area contributed by atoms with Gasteiger partial charge < -0.3 is 14.5 Å². The summed E-state index contributed by atoms with van der Waals surface area (Å²) in [5, 5.41) is 0. The van der Waals surface area contributed by atoms with Crippen LogP contribution in [0.5, 0.6) is 5.75 Å². The van der Waals surface area contributed by atoms with Crippen molar-refractivity contribution in [3.05, 3.63) is 36.7 Å². The zero-order valence-electron chi connectivity index (χ0n) is 13.1. The van der Waals surface area contributed by atoms with Crippen molar-refractivity contribution in [3.63, 3.8) is 0 Å². The van der Waals surface area contributed by atoms with E-state index in [1.54, 1.807) is 7.11 Å². The fraction of sp³-hybridized carbons (Fsp3) is 0.529. The van der Waals surface area contributed by atoms with Gasteiger partial charge in [-0.15, -0.1) is 17.0 Å². The number of unbranched alkanes of at least 4 members (excludes halogenated alkanes) is 4. The smallest absolute Gasteiger partial charge is 0.142 e. The fourth-order valence-electron chi connectivity index (χ4n) is 2.55. The summed E-state index contributed by atoms with van der Waals surface area (Å²) in [5.41, 5.74) is 1.14. The SMILES string of the molecule is Br.CCCCCCCN1C=CN(c2ccccc2OC)C1. The van der Waals surface area contributed by atoms with Crippen LogP contribution in [0.2, 0.25) is 0 Å². The Hall–Kier alpha value is -1.16. The summed E-state index contributed by atoms with van der Waals surface area (Å²) < 4.78 is 5.42. The average Bonchev–Trinajstić information content (AvgIpc) is 2.95. The minimum atomic E-state index is 0. The third-order valence-electron chi connectivity index (χ3n) is 3.73. The molecule has 118 valence electrons. The molecule has 1 aliphatic heterocycles. The number of halogens is 1. The Kier molecular flexibility index (Phi) is 8.28. The van der Waals surface area contributed by atoms with E-state index in [9.17, 15) is 0 Å². The van der Waals surface area contributed by atoms with Crippen LogP contribution in [0.15, 0.2) is 36.7 Å². The molecule has 0 saturated carbocycles. The predicted molar refractivity (Wildman–Crippen MR) is 95.3 cm³/mol. The maximum Gasteiger partial charge on any atom is 0.142 e. The molecule has 3 nitrogen and oxygen atoms in total. The molecule has 2 rings (SSSR count). The number of para-hydroxylation sites is 2. The van der Waals surface area contributed by atoms with E-state index < -0.39 is 0 Å². The van der Waals surface area contributed by atoms with Crippen molar-refractivity contribution in [1.82, 2.24) is 4.90 Å². The molecule has 0 amide bonds. The molecule has 1 aromatic rings. The first-order valence-electron chi connectivity index (χ1n) is 7.67. The minimum Gasteiger partial charge on any atom is -0.495 e. The largest absolute Gasteiger partial charge is 0.495 e. The summed E-state index contributed by atoms with van der Waals surface area (Å²) in [4.78, 5) is 4.61. The Morgan fingerprint density at radius 3 is 2.57 bits per heavy atom. The van der Waals surface area contributed by atoms with Crippen molar-refractivity contribution in [2.45, 2.75) is 39.0 Å². The highest BCUT2D eigenvalue weighted by Gasteiger charge is 2.16. The van der Waals surface area contributed by atoms with Gasteiger partial charge in [0, 0.05) is 18.9 Å². The maximum atomic E-state index is 5.42. The van der Waals surface area contributed by atoms with Gasteiger partial charge in [-0.3, -0.25) is 0 Å². The molecule has 1 aromatic carbocycles. The first-order chi connectivity index (χ1) is 9.85. The number of rotatable bonds is 8. The number of hydrogen-bond donors (Lipinski definition) is 0. The van der Waals surface area contributed by atoms with Crippen LogP contribution in [0.1, 0.15) is 39.0 Å². The summed E-state index contributed by atoms with van der Waals surface area (Å²) in [6.07, 6.45) is 11.0. The van der Waals surface area contributed by atoms with E-state index >= 15 is 0 Å². The summed E-state index contributed by atoms with van der Waals surface area (Å²) >= 11 is 0. The topological polar surface area (TPSA) is 15.7 Å². The van der Waals surface area contributed by atoms with E-state index in [0.29, 0.717) is 0 Å². The van der Waals surface area contributed by atoms with Crippen molar-refractivity contribution in [2.24, 2.45) is 0 Å². The van der Waals surface area contributed by atoms with Gasteiger partial charge >= 0.3 is 0 Å². The van der Waals surface area contributed by atoms with Crippen molar-refractivity contribution >= 4 is 22.7 Å². The molecule has 0 N–H and O–H groups in total. The van der Waals surface area contributed by atoms with Gasteiger partial charge in [0.25, 0.3) is 0 Å². The van der Waals surface area contributed by atoms with Crippen LogP contribution in [-0.2, 0) is 0 Å². The Morgan fingerprint density at radius 2 is 1.81 bits per heavy atom. The lowest BCUT2D eigenvalue weighted by Crippen LogP contribution is -2.26.